The monoisotopic (exact) mass is 316 g/mol. The number of carbonyl (C=O) groups is 2. The molecule has 1 N–H and O–H groups in total. The summed E-state index contributed by atoms with van der Waals surface area (Å²) < 4.78 is 5.50. The molecule has 1 aromatic heterocycles. The second-order valence-electron chi connectivity index (χ2n) is 6.89. The molecule has 124 valence electrons. The number of rotatable bonds is 4. The lowest BCUT2D eigenvalue weighted by Crippen LogP contribution is -2.54. The second-order valence-corrected chi connectivity index (χ2v) is 6.89. The molecular weight excluding hydrogens is 292 g/mol. The lowest BCUT2D eigenvalue weighted by atomic mass is 9.97. The minimum Gasteiger partial charge on any atom is -0.458 e. The predicted octanol–water partition coefficient (Wildman–Crippen LogP) is 2.87. The first-order valence-electron chi connectivity index (χ1n) is 7.94. The van der Waals surface area contributed by atoms with Crippen LogP contribution in [-0.4, -0.2) is 28.0 Å². The second kappa shape index (κ2) is 6.94. The average molecular weight is 316 g/mol. The molecule has 1 saturated carbocycles. The van der Waals surface area contributed by atoms with E-state index in [1.165, 1.54) is 6.08 Å². The molecule has 1 amide bonds. The molecular formula is C18H24N2O3. The van der Waals surface area contributed by atoms with E-state index >= 15 is 0 Å². The maximum Gasteiger partial charge on any atom is 0.332 e. The Bertz CT molecular complexity index is 582. The summed E-state index contributed by atoms with van der Waals surface area (Å²) in [5.74, 6) is -0.622. The highest BCUT2D eigenvalue weighted by molar-refractivity contribution is 5.96. The van der Waals surface area contributed by atoms with Gasteiger partial charge in [-0.05, 0) is 57.4 Å². The van der Waals surface area contributed by atoms with Crippen molar-refractivity contribution in [2.45, 2.75) is 57.6 Å². The Labute approximate surface area is 137 Å². The van der Waals surface area contributed by atoms with Gasteiger partial charge < -0.3 is 10.1 Å². The Kier molecular flexibility index (Phi) is 5.19. The first kappa shape index (κ1) is 17.2. The third-order valence-electron chi connectivity index (χ3n) is 3.74. The van der Waals surface area contributed by atoms with Crippen molar-refractivity contribution in [1.29, 1.82) is 0 Å². The molecule has 0 spiro atoms. The van der Waals surface area contributed by atoms with Gasteiger partial charge in [-0.1, -0.05) is 12.8 Å². The normalized spacial score (nSPS) is 17.2. The molecule has 0 atom stereocenters. The Balaban J connectivity index is 2.05. The number of hydrogen-bond acceptors (Lipinski definition) is 4. The van der Waals surface area contributed by atoms with Crippen molar-refractivity contribution in [2.75, 3.05) is 0 Å². The SMILES string of the molecule is CC(C)(C)OC(=O)C1(NC(=O)/C=C/c2ccncc2)CCCC1. The van der Waals surface area contributed by atoms with Gasteiger partial charge in [0, 0.05) is 18.5 Å². The van der Waals surface area contributed by atoms with Gasteiger partial charge >= 0.3 is 5.97 Å². The van der Waals surface area contributed by atoms with Crippen LogP contribution in [0.1, 0.15) is 52.0 Å². The molecule has 1 aliphatic carbocycles. The third kappa shape index (κ3) is 4.91. The van der Waals surface area contributed by atoms with Crippen LogP contribution in [-0.2, 0) is 14.3 Å². The van der Waals surface area contributed by atoms with Gasteiger partial charge in [0.25, 0.3) is 0 Å². The Hall–Kier alpha value is -2.17. The minimum atomic E-state index is -0.896. The Morgan fingerprint density at radius 1 is 1.22 bits per heavy atom. The zero-order chi connectivity index (χ0) is 16.9. The summed E-state index contributed by atoms with van der Waals surface area (Å²) in [4.78, 5) is 28.7. The van der Waals surface area contributed by atoms with Crippen LogP contribution in [0.15, 0.2) is 30.6 Å². The number of hydrogen-bond donors (Lipinski definition) is 1. The van der Waals surface area contributed by atoms with Crippen molar-refractivity contribution in [3.05, 3.63) is 36.2 Å². The number of aromatic nitrogens is 1. The molecule has 0 radical (unpaired) electrons. The van der Waals surface area contributed by atoms with Crippen molar-refractivity contribution >= 4 is 18.0 Å². The molecule has 0 saturated heterocycles. The lowest BCUT2D eigenvalue weighted by Gasteiger charge is -2.31. The predicted molar refractivity (Wildman–Crippen MR) is 88.5 cm³/mol. The van der Waals surface area contributed by atoms with Crippen LogP contribution in [0, 0.1) is 0 Å². The van der Waals surface area contributed by atoms with Crippen molar-refractivity contribution in [3.8, 4) is 0 Å². The Morgan fingerprint density at radius 2 is 1.83 bits per heavy atom. The van der Waals surface area contributed by atoms with Crippen molar-refractivity contribution in [3.63, 3.8) is 0 Å². The van der Waals surface area contributed by atoms with Gasteiger partial charge in [0.05, 0.1) is 0 Å². The van der Waals surface area contributed by atoms with Gasteiger partial charge in [-0.15, -0.1) is 0 Å². The maximum absolute atomic E-state index is 12.5. The maximum atomic E-state index is 12.5. The van der Waals surface area contributed by atoms with Crippen LogP contribution >= 0.6 is 0 Å². The summed E-state index contributed by atoms with van der Waals surface area (Å²) in [6, 6.07) is 3.62. The van der Waals surface area contributed by atoms with E-state index in [1.807, 2.05) is 32.9 Å². The summed E-state index contributed by atoms with van der Waals surface area (Å²) in [5.41, 5.74) is -0.579. The van der Waals surface area contributed by atoms with Gasteiger partial charge in [0.2, 0.25) is 5.91 Å². The average Bonchev–Trinajstić information content (AvgIpc) is 2.94. The third-order valence-corrected chi connectivity index (χ3v) is 3.74. The number of amides is 1. The van der Waals surface area contributed by atoms with Crippen molar-refractivity contribution < 1.29 is 14.3 Å². The van der Waals surface area contributed by atoms with E-state index in [0.29, 0.717) is 12.8 Å². The number of ether oxygens (including phenoxy) is 1. The molecule has 2 rings (SSSR count). The highest BCUT2D eigenvalue weighted by atomic mass is 16.6. The van der Waals surface area contributed by atoms with Crippen LogP contribution < -0.4 is 5.32 Å². The first-order valence-corrected chi connectivity index (χ1v) is 7.94. The zero-order valence-corrected chi connectivity index (χ0v) is 14.0. The minimum absolute atomic E-state index is 0.283. The van der Waals surface area contributed by atoms with Gasteiger partial charge in [0.15, 0.2) is 0 Å². The molecule has 1 heterocycles. The highest BCUT2D eigenvalue weighted by Gasteiger charge is 2.44. The van der Waals surface area contributed by atoms with Crippen LogP contribution in [0.5, 0.6) is 0 Å². The van der Waals surface area contributed by atoms with E-state index in [0.717, 1.165) is 18.4 Å². The van der Waals surface area contributed by atoms with E-state index in [1.54, 1.807) is 18.5 Å². The molecule has 0 bridgehead atoms. The van der Waals surface area contributed by atoms with Crippen LogP contribution in [0.3, 0.4) is 0 Å². The lowest BCUT2D eigenvalue weighted by molar-refractivity contribution is -0.164. The van der Waals surface area contributed by atoms with Crippen molar-refractivity contribution in [1.82, 2.24) is 10.3 Å². The molecule has 1 fully saturated rings. The standard InChI is InChI=1S/C18H24N2O3/c1-17(2,3)23-16(22)18(10-4-5-11-18)20-15(21)7-6-14-8-12-19-13-9-14/h6-9,12-13H,4-5,10-11H2,1-3H3,(H,20,21)/b7-6+. The quantitative estimate of drug-likeness (QED) is 0.685. The fourth-order valence-electron chi connectivity index (χ4n) is 2.66. The van der Waals surface area contributed by atoms with E-state index < -0.39 is 11.1 Å². The summed E-state index contributed by atoms with van der Waals surface area (Å²) in [5, 5.41) is 2.87. The van der Waals surface area contributed by atoms with Gasteiger partial charge in [-0.2, -0.15) is 0 Å². The molecule has 5 nitrogen and oxygen atoms in total. The summed E-state index contributed by atoms with van der Waals surface area (Å²) >= 11 is 0. The van der Waals surface area contributed by atoms with Crippen LogP contribution in [0.25, 0.3) is 6.08 Å². The summed E-state index contributed by atoms with van der Waals surface area (Å²) in [6.07, 6.45) is 9.54. The molecule has 23 heavy (non-hydrogen) atoms. The molecule has 0 unspecified atom stereocenters. The smallest absolute Gasteiger partial charge is 0.332 e. The molecule has 0 aliphatic heterocycles. The van der Waals surface area contributed by atoms with Crippen LogP contribution in [0.2, 0.25) is 0 Å². The van der Waals surface area contributed by atoms with E-state index in [2.05, 4.69) is 10.3 Å². The highest BCUT2D eigenvalue weighted by Crippen LogP contribution is 2.32. The fourth-order valence-corrected chi connectivity index (χ4v) is 2.66. The number of pyridine rings is 1. The van der Waals surface area contributed by atoms with Crippen molar-refractivity contribution in [2.24, 2.45) is 0 Å². The molecule has 1 aliphatic rings. The molecule has 1 aromatic rings. The summed E-state index contributed by atoms with van der Waals surface area (Å²) in [7, 11) is 0. The van der Waals surface area contributed by atoms with Gasteiger partial charge in [-0.25, -0.2) is 4.79 Å². The van der Waals surface area contributed by atoms with Crippen LogP contribution in [0.4, 0.5) is 0 Å². The van der Waals surface area contributed by atoms with Gasteiger partial charge in [-0.3, -0.25) is 9.78 Å². The molecule has 5 heteroatoms. The van der Waals surface area contributed by atoms with E-state index in [9.17, 15) is 9.59 Å². The molecule has 0 aromatic carbocycles. The first-order chi connectivity index (χ1) is 10.8. The zero-order valence-electron chi connectivity index (χ0n) is 14.0. The number of carbonyl (C=O) groups excluding carboxylic acids is 2. The number of esters is 1. The van der Waals surface area contributed by atoms with Gasteiger partial charge in [0.1, 0.15) is 11.1 Å². The van der Waals surface area contributed by atoms with E-state index in [4.69, 9.17) is 4.74 Å². The number of nitrogens with zero attached hydrogens (tertiary/aromatic N) is 1. The fraction of sp³-hybridized carbons (Fsp3) is 0.500. The topological polar surface area (TPSA) is 68.3 Å². The number of nitrogens with one attached hydrogen (secondary N) is 1. The Morgan fingerprint density at radius 3 is 2.39 bits per heavy atom. The summed E-state index contributed by atoms with van der Waals surface area (Å²) in [6.45, 7) is 5.50. The largest absolute Gasteiger partial charge is 0.458 e. The van der Waals surface area contributed by atoms with E-state index in [-0.39, 0.29) is 11.9 Å².